The van der Waals surface area contributed by atoms with Gasteiger partial charge in [0.1, 0.15) is 21.9 Å². The molecular formula is C26H27N3O2S. The maximum atomic E-state index is 12.7. The molecule has 6 heteroatoms. The Morgan fingerprint density at radius 3 is 2.50 bits per heavy atom. The molecule has 0 atom stereocenters. The number of fused-ring (bicyclic) bond motifs is 1. The van der Waals surface area contributed by atoms with E-state index in [-0.39, 0.29) is 5.97 Å². The van der Waals surface area contributed by atoms with Crippen LogP contribution in [0.1, 0.15) is 46.1 Å². The molecule has 1 N–H and O–H groups in total. The quantitative estimate of drug-likeness (QED) is 0.299. The standard InChI is InChI=1S/C26H27N3O2S/c1-3-4-8-20-11-13-21(14-12-20)29-24-22-18(2)23(32-25(22)28-17-27-24)26(30)31-16-15-19-9-6-5-7-10-19/h5-7,9-14,17H,3-4,8,15-16H2,1-2H3,(H,27,28,29). The fourth-order valence-corrected chi connectivity index (χ4v) is 4.65. The predicted octanol–water partition coefficient (Wildman–Crippen LogP) is 6.49. The van der Waals surface area contributed by atoms with Crippen LogP contribution < -0.4 is 5.32 Å². The average Bonchev–Trinajstić information content (AvgIpc) is 3.17. The summed E-state index contributed by atoms with van der Waals surface area (Å²) in [6.07, 6.45) is 5.69. The molecule has 4 rings (SSSR count). The maximum absolute atomic E-state index is 12.7. The lowest BCUT2D eigenvalue weighted by Gasteiger charge is -2.08. The van der Waals surface area contributed by atoms with Crippen LogP contribution in [0.25, 0.3) is 10.2 Å². The van der Waals surface area contributed by atoms with Crippen LogP contribution in [-0.2, 0) is 17.6 Å². The Kier molecular flexibility index (Phi) is 7.12. The molecule has 0 saturated carbocycles. The minimum absolute atomic E-state index is 0.312. The van der Waals surface area contributed by atoms with Crippen LogP contribution in [0.3, 0.4) is 0 Å². The van der Waals surface area contributed by atoms with E-state index in [0.717, 1.165) is 33.5 Å². The third kappa shape index (κ3) is 5.14. The van der Waals surface area contributed by atoms with Crippen LogP contribution in [0.5, 0.6) is 0 Å². The number of nitrogens with zero attached hydrogens (tertiary/aromatic N) is 2. The number of rotatable bonds is 9. The highest BCUT2D eigenvalue weighted by Crippen LogP contribution is 2.34. The van der Waals surface area contributed by atoms with Crippen LogP contribution >= 0.6 is 11.3 Å². The van der Waals surface area contributed by atoms with Gasteiger partial charge in [-0.15, -0.1) is 11.3 Å². The van der Waals surface area contributed by atoms with Crippen LogP contribution in [0, 0.1) is 6.92 Å². The molecule has 2 heterocycles. The molecule has 0 fully saturated rings. The number of nitrogens with one attached hydrogen (secondary N) is 1. The van der Waals surface area contributed by atoms with Crippen molar-refractivity contribution >= 4 is 39.0 Å². The molecule has 2 aromatic carbocycles. The molecule has 5 nitrogen and oxygen atoms in total. The number of aryl methyl sites for hydroxylation is 2. The molecule has 0 aliphatic carbocycles. The highest BCUT2D eigenvalue weighted by Gasteiger charge is 2.20. The number of carbonyl (C=O) groups is 1. The number of anilines is 2. The number of benzene rings is 2. The second-order valence-corrected chi connectivity index (χ2v) is 8.75. The van der Waals surface area contributed by atoms with Gasteiger partial charge in [-0.1, -0.05) is 55.8 Å². The van der Waals surface area contributed by atoms with Gasteiger partial charge in [-0.05, 0) is 48.6 Å². The van der Waals surface area contributed by atoms with Crippen molar-refractivity contribution in [1.29, 1.82) is 0 Å². The predicted molar refractivity (Wildman–Crippen MR) is 131 cm³/mol. The highest BCUT2D eigenvalue weighted by atomic mass is 32.1. The Morgan fingerprint density at radius 2 is 1.75 bits per heavy atom. The Hall–Kier alpha value is -3.25. The summed E-state index contributed by atoms with van der Waals surface area (Å²) in [5.41, 5.74) is 4.28. The molecular weight excluding hydrogens is 418 g/mol. The number of esters is 1. The molecule has 32 heavy (non-hydrogen) atoms. The van der Waals surface area contributed by atoms with Gasteiger partial charge in [-0.3, -0.25) is 0 Å². The van der Waals surface area contributed by atoms with Crippen molar-refractivity contribution in [3.05, 3.63) is 82.5 Å². The van der Waals surface area contributed by atoms with Gasteiger partial charge in [-0.2, -0.15) is 0 Å². The zero-order chi connectivity index (χ0) is 22.3. The van der Waals surface area contributed by atoms with Crippen LogP contribution in [-0.4, -0.2) is 22.5 Å². The molecule has 0 bridgehead atoms. The van der Waals surface area contributed by atoms with Gasteiger partial charge in [0.25, 0.3) is 0 Å². The number of aromatic nitrogens is 2. The second kappa shape index (κ2) is 10.4. The maximum Gasteiger partial charge on any atom is 0.348 e. The Balaban J connectivity index is 1.48. The fourth-order valence-electron chi connectivity index (χ4n) is 3.61. The highest BCUT2D eigenvalue weighted by molar-refractivity contribution is 7.20. The SMILES string of the molecule is CCCCc1ccc(Nc2ncnc3sc(C(=O)OCCc4ccccc4)c(C)c23)cc1. The molecule has 0 amide bonds. The lowest BCUT2D eigenvalue weighted by atomic mass is 10.1. The third-order valence-electron chi connectivity index (χ3n) is 5.41. The molecule has 0 aliphatic heterocycles. The van der Waals surface area contributed by atoms with Crippen molar-refractivity contribution in [1.82, 2.24) is 9.97 Å². The van der Waals surface area contributed by atoms with E-state index in [9.17, 15) is 4.79 Å². The van der Waals surface area contributed by atoms with E-state index in [1.807, 2.05) is 37.3 Å². The zero-order valence-corrected chi connectivity index (χ0v) is 19.2. The van der Waals surface area contributed by atoms with Gasteiger partial charge in [-0.25, -0.2) is 14.8 Å². The van der Waals surface area contributed by atoms with Gasteiger partial charge in [0.15, 0.2) is 0 Å². The number of unbranched alkanes of at least 4 members (excludes halogenated alkanes) is 1. The van der Waals surface area contributed by atoms with E-state index >= 15 is 0 Å². The normalized spacial score (nSPS) is 10.9. The second-order valence-electron chi connectivity index (χ2n) is 7.76. The van der Waals surface area contributed by atoms with Crippen LogP contribution in [0.4, 0.5) is 11.5 Å². The van der Waals surface area contributed by atoms with Crippen molar-refractivity contribution in [3.63, 3.8) is 0 Å². The van der Waals surface area contributed by atoms with E-state index in [4.69, 9.17) is 4.74 Å². The van der Waals surface area contributed by atoms with Crippen LogP contribution in [0.2, 0.25) is 0 Å². The first-order chi connectivity index (χ1) is 15.7. The minimum atomic E-state index is -0.312. The Bertz CT molecular complexity index is 1190. The Labute approximate surface area is 192 Å². The summed E-state index contributed by atoms with van der Waals surface area (Å²) >= 11 is 1.35. The largest absolute Gasteiger partial charge is 0.461 e. The molecule has 164 valence electrons. The first-order valence-corrected chi connectivity index (χ1v) is 11.8. The number of hydrogen-bond acceptors (Lipinski definition) is 6. The summed E-state index contributed by atoms with van der Waals surface area (Å²) in [5, 5.41) is 4.25. The summed E-state index contributed by atoms with van der Waals surface area (Å²) in [6.45, 7) is 4.47. The van der Waals surface area contributed by atoms with E-state index in [1.165, 1.54) is 36.1 Å². The van der Waals surface area contributed by atoms with E-state index in [1.54, 1.807) is 0 Å². The van der Waals surface area contributed by atoms with Crippen molar-refractivity contribution in [2.75, 3.05) is 11.9 Å². The number of hydrogen-bond donors (Lipinski definition) is 1. The van der Waals surface area contributed by atoms with Crippen molar-refractivity contribution in [2.24, 2.45) is 0 Å². The summed E-state index contributed by atoms with van der Waals surface area (Å²) in [7, 11) is 0. The molecule has 0 unspecified atom stereocenters. The molecule has 4 aromatic rings. The van der Waals surface area contributed by atoms with Gasteiger partial charge in [0.2, 0.25) is 0 Å². The summed E-state index contributed by atoms with van der Waals surface area (Å²) in [5.74, 6) is 0.390. The van der Waals surface area contributed by atoms with Gasteiger partial charge >= 0.3 is 5.97 Å². The first kappa shape index (κ1) is 22.0. The monoisotopic (exact) mass is 445 g/mol. The minimum Gasteiger partial charge on any atom is -0.461 e. The number of carbonyl (C=O) groups excluding carboxylic acids is 1. The summed E-state index contributed by atoms with van der Waals surface area (Å²) < 4.78 is 5.55. The molecule has 0 saturated heterocycles. The van der Waals surface area contributed by atoms with E-state index in [0.29, 0.717) is 23.7 Å². The van der Waals surface area contributed by atoms with Crippen LogP contribution in [0.15, 0.2) is 60.9 Å². The fraction of sp³-hybridized carbons (Fsp3) is 0.269. The van der Waals surface area contributed by atoms with Gasteiger partial charge < -0.3 is 10.1 Å². The summed E-state index contributed by atoms with van der Waals surface area (Å²) in [6, 6.07) is 18.4. The topological polar surface area (TPSA) is 64.1 Å². The average molecular weight is 446 g/mol. The Morgan fingerprint density at radius 1 is 1.00 bits per heavy atom. The number of ether oxygens (including phenoxy) is 1. The van der Waals surface area contributed by atoms with Crippen molar-refractivity contribution < 1.29 is 9.53 Å². The molecule has 0 aliphatic rings. The smallest absolute Gasteiger partial charge is 0.348 e. The van der Waals surface area contributed by atoms with Crippen molar-refractivity contribution in [3.8, 4) is 0 Å². The molecule has 0 radical (unpaired) electrons. The lowest BCUT2D eigenvalue weighted by Crippen LogP contribution is -2.07. The number of thiophene rings is 1. The molecule has 2 aromatic heterocycles. The van der Waals surface area contributed by atoms with Crippen molar-refractivity contribution in [2.45, 2.75) is 39.5 Å². The summed E-state index contributed by atoms with van der Waals surface area (Å²) in [4.78, 5) is 22.9. The molecule has 0 spiro atoms. The first-order valence-electron chi connectivity index (χ1n) is 11.0. The lowest BCUT2D eigenvalue weighted by molar-refractivity contribution is 0.0514. The zero-order valence-electron chi connectivity index (χ0n) is 18.4. The van der Waals surface area contributed by atoms with Gasteiger partial charge in [0.05, 0.1) is 12.0 Å². The van der Waals surface area contributed by atoms with E-state index < -0.39 is 0 Å². The van der Waals surface area contributed by atoms with Gasteiger partial charge in [0, 0.05) is 12.1 Å². The van der Waals surface area contributed by atoms with E-state index in [2.05, 4.69) is 46.5 Å². The third-order valence-corrected chi connectivity index (χ3v) is 6.59.